The molecule has 1 amide bonds. The van der Waals surface area contributed by atoms with Crippen LogP contribution >= 0.6 is 0 Å². The van der Waals surface area contributed by atoms with Crippen LogP contribution in [0.5, 0.6) is 0 Å². The van der Waals surface area contributed by atoms with Crippen molar-refractivity contribution in [1.82, 2.24) is 5.32 Å². The van der Waals surface area contributed by atoms with Crippen LogP contribution in [0.1, 0.15) is 26.3 Å². The van der Waals surface area contributed by atoms with E-state index < -0.39 is 23.4 Å². The van der Waals surface area contributed by atoms with Crippen LogP contribution in [-0.2, 0) is 30.3 Å². The summed E-state index contributed by atoms with van der Waals surface area (Å²) in [6.07, 6.45) is 1.46. The van der Waals surface area contributed by atoms with Crippen LogP contribution in [0.2, 0.25) is 0 Å². The summed E-state index contributed by atoms with van der Waals surface area (Å²) in [7, 11) is 0. The molecule has 1 aromatic carbocycles. The van der Waals surface area contributed by atoms with Crippen molar-refractivity contribution in [3.05, 3.63) is 36.1 Å². The Morgan fingerprint density at radius 3 is 2.28 bits per heavy atom. The summed E-state index contributed by atoms with van der Waals surface area (Å²) in [5.41, 5.74) is -0.597. The van der Waals surface area contributed by atoms with Gasteiger partial charge < -0.3 is 19.2 Å². The van der Waals surface area contributed by atoms with Gasteiger partial charge in [0.1, 0.15) is 5.58 Å². The minimum absolute atomic E-state index is 0.0698. The average molecular weight is 347 g/mol. The highest BCUT2D eigenvalue weighted by Crippen LogP contribution is 2.23. The summed E-state index contributed by atoms with van der Waals surface area (Å²) in [5, 5.41) is 3.26. The molecule has 1 heterocycles. The van der Waals surface area contributed by atoms with Gasteiger partial charge in [-0.05, 0) is 37.6 Å². The van der Waals surface area contributed by atoms with Gasteiger partial charge in [0.15, 0.2) is 0 Å². The molecule has 0 spiro atoms. The predicted molar refractivity (Wildman–Crippen MR) is 89.7 cm³/mol. The molecule has 0 fully saturated rings. The molecule has 2 aromatic rings. The molecule has 0 aliphatic heterocycles. The highest BCUT2D eigenvalue weighted by molar-refractivity contribution is 6.08. The molecule has 2 rings (SSSR count). The van der Waals surface area contributed by atoms with Crippen LogP contribution in [0.15, 0.2) is 34.9 Å². The Morgan fingerprint density at radius 1 is 1.08 bits per heavy atom. The van der Waals surface area contributed by atoms with Gasteiger partial charge in [0.25, 0.3) is 0 Å². The van der Waals surface area contributed by atoms with Gasteiger partial charge >= 0.3 is 11.9 Å². The summed E-state index contributed by atoms with van der Waals surface area (Å²) in [6, 6.07) is 7.02. The van der Waals surface area contributed by atoms with Crippen molar-refractivity contribution in [3.63, 3.8) is 0 Å². The number of amides is 1. The van der Waals surface area contributed by atoms with Crippen LogP contribution in [0.25, 0.3) is 11.0 Å². The third kappa shape index (κ3) is 3.99. The van der Waals surface area contributed by atoms with E-state index in [4.69, 9.17) is 13.9 Å². The number of nitrogens with one attached hydrogen (secondary N) is 1. The standard InChI is InChI=1S/C18H21NO6/c1-4-23-16(21)18(19-12(3)20,17(22)24-5-2)11-13-6-7-15-14(10-13)8-9-25-15/h6-10H,4-5,11H2,1-3H3,(H,19,20). The Kier molecular flexibility index (Phi) is 5.80. The zero-order valence-electron chi connectivity index (χ0n) is 14.5. The Morgan fingerprint density at radius 2 is 1.72 bits per heavy atom. The second kappa shape index (κ2) is 7.83. The van der Waals surface area contributed by atoms with Crippen molar-refractivity contribution in [3.8, 4) is 0 Å². The number of hydrogen-bond donors (Lipinski definition) is 1. The predicted octanol–water partition coefficient (Wildman–Crippen LogP) is 1.98. The second-order valence-corrected chi connectivity index (χ2v) is 5.50. The summed E-state index contributed by atoms with van der Waals surface area (Å²) in [4.78, 5) is 36.9. The zero-order chi connectivity index (χ0) is 18.4. The van der Waals surface area contributed by atoms with Crippen LogP contribution in [-0.4, -0.2) is 36.6 Å². The summed E-state index contributed by atoms with van der Waals surface area (Å²) < 4.78 is 15.4. The fourth-order valence-electron chi connectivity index (χ4n) is 2.62. The van der Waals surface area contributed by atoms with Crippen molar-refractivity contribution < 1.29 is 28.3 Å². The Balaban J connectivity index is 2.47. The smallest absolute Gasteiger partial charge is 0.344 e. The molecule has 1 N–H and O–H groups in total. The van der Waals surface area contributed by atoms with E-state index in [1.807, 2.05) is 0 Å². The highest BCUT2D eigenvalue weighted by atomic mass is 16.6. The number of hydrogen-bond acceptors (Lipinski definition) is 6. The molecule has 25 heavy (non-hydrogen) atoms. The largest absolute Gasteiger partial charge is 0.464 e. The lowest BCUT2D eigenvalue weighted by atomic mass is 9.90. The fourth-order valence-corrected chi connectivity index (χ4v) is 2.62. The first-order chi connectivity index (χ1) is 11.9. The number of esters is 2. The number of ether oxygens (including phenoxy) is 2. The van der Waals surface area contributed by atoms with Crippen molar-refractivity contribution in [2.24, 2.45) is 0 Å². The quantitative estimate of drug-likeness (QED) is 0.608. The molecule has 0 atom stereocenters. The van der Waals surface area contributed by atoms with E-state index in [1.54, 1.807) is 44.4 Å². The van der Waals surface area contributed by atoms with Crippen molar-refractivity contribution >= 4 is 28.8 Å². The molecule has 7 heteroatoms. The van der Waals surface area contributed by atoms with E-state index in [0.29, 0.717) is 11.1 Å². The van der Waals surface area contributed by atoms with E-state index in [2.05, 4.69) is 5.32 Å². The van der Waals surface area contributed by atoms with Gasteiger partial charge in [-0.3, -0.25) is 4.79 Å². The Labute approximate surface area is 145 Å². The molecule has 1 aromatic heterocycles. The number of fused-ring (bicyclic) bond motifs is 1. The molecule has 0 bridgehead atoms. The Bertz CT molecular complexity index is 761. The number of furan rings is 1. The van der Waals surface area contributed by atoms with Crippen LogP contribution in [0.3, 0.4) is 0 Å². The lowest BCUT2D eigenvalue weighted by Gasteiger charge is -2.29. The SMILES string of the molecule is CCOC(=O)C(Cc1ccc2occc2c1)(NC(C)=O)C(=O)OCC. The lowest BCUT2D eigenvalue weighted by molar-refractivity contribution is -0.168. The monoisotopic (exact) mass is 347 g/mol. The maximum Gasteiger partial charge on any atom is 0.344 e. The van der Waals surface area contributed by atoms with Crippen molar-refractivity contribution in [1.29, 1.82) is 0 Å². The summed E-state index contributed by atoms with van der Waals surface area (Å²) in [6.45, 7) is 4.62. The maximum atomic E-state index is 12.6. The van der Waals surface area contributed by atoms with Crippen LogP contribution < -0.4 is 5.32 Å². The first kappa shape index (κ1) is 18.5. The summed E-state index contributed by atoms with van der Waals surface area (Å²) >= 11 is 0. The van der Waals surface area contributed by atoms with Gasteiger partial charge in [0.2, 0.25) is 11.4 Å². The van der Waals surface area contributed by atoms with E-state index in [1.165, 1.54) is 6.92 Å². The summed E-state index contributed by atoms with van der Waals surface area (Å²) in [5.74, 6) is -2.24. The lowest BCUT2D eigenvalue weighted by Crippen LogP contribution is -2.62. The molecule has 0 aliphatic carbocycles. The normalized spacial score (nSPS) is 11.2. The molecule has 134 valence electrons. The van der Waals surface area contributed by atoms with Crippen molar-refractivity contribution in [2.75, 3.05) is 13.2 Å². The second-order valence-electron chi connectivity index (χ2n) is 5.50. The van der Waals surface area contributed by atoms with Gasteiger partial charge in [-0.25, -0.2) is 9.59 Å². The van der Waals surface area contributed by atoms with Crippen LogP contribution in [0, 0.1) is 0 Å². The highest BCUT2D eigenvalue weighted by Gasteiger charge is 2.50. The molecule has 0 saturated carbocycles. The number of carbonyl (C=O) groups is 3. The molecule has 7 nitrogen and oxygen atoms in total. The number of carbonyl (C=O) groups excluding carboxylic acids is 3. The number of benzene rings is 1. The third-order valence-electron chi connectivity index (χ3n) is 3.62. The zero-order valence-corrected chi connectivity index (χ0v) is 14.5. The average Bonchev–Trinajstić information content (AvgIpc) is 3.01. The van der Waals surface area contributed by atoms with E-state index in [9.17, 15) is 14.4 Å². The van der Waals surface area contributed by atoms with Gasteiger partial charge in [-0.15, -0.1) is 0 Å². The minimum atomic E-state index is -1.94. The molecule has 0 radical (unpaired) electrons. The topological polar surface area (TPSA) is 94.8 Å². The van der Waals surface area contributed by atoms with E-state index >= 15 is 0 Å². The fraction of sp³-hybridized carbons (Fsp3) is 0.389. The van der Waals surface area contributed by atoms with E-state index in [0.717, 1.165) is 5.39 Å². The van der Waals surface area contributed by atoms with Gasteiger partial charge in [0.05, 0.1) is 19.5 Å². The van der Waals surface area contributed by atoms with Crippen molar-refractivity contribution in [2.45, 2.75) is 32.7 Å². The maximum absolute atomic E-state index is 12.6. The molecular weight excluding hydrogens is 326 g/mol. The first-order valence-electron chi connectivity index (χ1n) is 8.02. The third-order valence-corrected chi connectivity index (χ3v) is 3.62. The van der Waals surface area contributed by atoms with Gasteiger partial charge in [-0.1, -0.05) is 6.07 Å². The first-order valence-corrected chi connectivity index (χ1v) is 8.02. The molecule has 0 aliphatic rings. The van der Waals surface area contributed by atoms with Crippen LogP contribution in [0.4, 0.5) is 0 Å². The van der Waals surface area contributed by atoms with Gasteiger partial charge in [-0.2, -0.15) is 0 Å². The minimum Gasteiger partial charge on any atom is -0.464 e. The molecule has 0 unspecified atom stereocenters. The molecular formula is C18H21NO6. The number of rotatable bonds is 7. The van der Waals surface area contributed by atoms with Gasteiger partial charge in [0, 0.05) is 18.7 Å². The Hall–Kier alpha value is -2.83. The molecule has 0 saturated heterocycles. The van der Waals surface area contributed by atoms with E-state index in [-0.39, 0.29) is 19.6 Å².